The number of aromatic amines is 1. The normalized spacial score (nSPS) is 15.7. The maximum atomic E-state index is 13.6. The molecule has 2 N–H and O–H groups in total. The number of alkyl halides is 3. The van der Waals surface area contributed by atoms with Crippen LogP contribution in [-0.2, 0) is 12.6 Å². The predicted octanol–water partition coefficient (Wildman–Crippen LogP) is 4.86. The molecule has 1 amide bonds. The molecule has 0 fully saturated rings. The number of benzene rings is 2. The second kappa shape index (κ2) is 7.44. The highest BCUT2D eigenvalue weighted by Gasteiger charge is 2.34. The van der Waals surface area contributed by atoms with Gasteiger partial charge in [-0.15, -0.1) is 0 Å². The van der Waals surface area contributed by atoms with Crippen LogP contribution < -0.4 is 10.9 Å². The minimum atomic E-state index is -4.57. The van der Waals surface area contributed by atoms with Gasteiger partial charge < -0.3 is 10.3 Å². The summed E-state index contributed by atoms with van der Waals surface area (Å²) in [5.41, 5.74) is 0.665. The molecule has 154 valence electrons. The Bertz CT molecular complexity index is 1180. The molecule has 0 spiro atoms. The zero-order valence-electron chi connectivity index (χ0n) is 15.5. The van der Waals surface area contributed by atoms with E-state index in [4.69, 9.17) is 0 Å². The van der Waals surface area contributed by atoms with Gasteiger partial charge in [-0.2, -0.15) is 13.2 Å². The molecule has 0 saturated heterocycles. The van der Waals surface area contributed by atoms with Gasteiger partial charge in [-0.3, -0.25) is 9.59 Å². The van der Waals surface area contributed by atoms with Crippen LogP contribution in [-0.4, -0.2) is 10.9 Å². The van der Waals surface area contributed by atoms with E-state index in [2.05, 4.69) is 10.3 Å². The van der Waals surface area contributed by atoms with Crippen LogP contribution in [0.4, 0.5) is 23.2 Å². The number of hydrogen-bond donors (Lipinski definition) is 2. The number of nitrogens with one attached hydrogen (secondary N) is 2. The van der Waals surface area contributed by atoms with Gasteiger partial charge in [-0.05, 0) is 65.9 Å². The molecule has 1 heterocycles. The largest absolute Gasteiger partial charge is 0.416 e. The van der Waals surface area contributed by atoms with Crippen LogP contribution in [0.1, 0.15) is 45.0 Å². The lowest BCUT2D eigenvalue weighted by atomic mass is 9.87. The third-order valence-electron chi connectivity index (χ3n) is 5.21. The number of H-pyrrole nitrogens is 1. The quantitative estimate of drug-likeness (QED) is 0.599. The summed E-state index contributed by atoms with van der Waals surface area (Å²) < 4.78 is 53.6. The molecule has 30 heavy (non-hydrogen) atoms. The van der Waals surface area contributed by atoms with E-state index < -0.39 is 34.9 Å². The molecule has 1 aliphatic carbocycles. The molecule has 3 aromatic rings. The van der Waals surface area contributed by atoms with Gasteiger partial charge in [-0.1, -0.05) is 6.07 Å². The van der Waals surface area contributed by atoms with Gasteiger partial charge in [0.25, 0.3) is 5.91 Å². The molecule has 1 aromatic heterocycles. The van der Waals surface area contributed by atoms with E-state index in [0.717, 1.165) is 23.8 Å². The maximum Gasteiger partial charge on any atom is 0.416 e. The molecule has 4 nitrogen and oxygen atoms in total. The Labute approximate surface area is 168 Å². The Morgan fingerprint density at radius 1 is 1.03 bits per heavy atom. The molecular weight excluding hydrogens is 400 g/mol. The summed E-state index contributed by atoms with van der Waals surface area (Å²) in [6, 6.07) is 9.82. The number of halogens is 4. The second-order valence-electron chi connectivity index (χ2n) is 7.13. The molecule has 0 aliphatic heterocycles. The van der Waals surface area contributed by atoms with Crippen LogP contribution in [0.25, 0.3) is 0 Å². The topological polar surface area (TPSA) is 62.0 Å². The molecule has 4 rings (SSSR count). The highest BCUT2D eigenvalue weighted by molar-refractivity contribution is 6.05. The van der Waals surface area contributed by atoms with Crippen molar-refractivity contribution in [3.63, 3.8) is 0 Å². The number of carbonyl (C=O) groups excluding carboxylic acids is 1. The number of pyridine rings is 1. The molecule has 1 aliphatic rings. The van der Waals surface area contributed by atoms with Crippen molar-refractivity contribution in [1.29, 1.82) is 0 Å². The number of amides is 1. The molecule has 1 unspecified atom stereocenters. The van der Waals surface area contributed by atoms with Crippen molar-refractivity contribution in [2.45, 2.75) is 24.9 Å². The van der Waals surface area contributed by atoms with E-state index in [9.17, 15) is 27.2 Å². The van der Waals surface area contributed by atoms with Crippen molar-refractivity contribution in [3.05, 3.63) is 98.7 Å². The maximum absolute atomic E-state index is 13.6. The van der Waals surface area contributed by atoms with Crippen molar-refractivity contribution in [3.8, 4) is 0 Å². The Hall–Kier alpha value is -3.42. The first kappa shape index (κ1) is 19.9. The number of aryl methyl sites for hydroxylation is 1. The number of rotatable bonds is 3. The monoisotopic (exact) mass is 416 g/mol. The number of carbonyl (C=O) groups is 1. The van der Waals surface area contributed by atoms with Crippen molar-refractivity contribution in [2.24, 2.45) is 0 Å². The lowest BCUT2D eigenvalue weighted by molar-refractivity contribution is -0.137. The van der Waals surface area contributed by atoms with Crippen LogP contribution in [0.5, 0.6) is 0 Å². The summed E-state index contributed by atoms with van der Waals surface area (Å²) >= 11 is 0. The SMILES string of the molecule is O=C(Nc1cc[nH]c(=O)c1)c1ccc(C(F)(F)F)cc1C1CCc2cc(F)ccc21. The minimum Gasteiger partial charge on any atom is -0.329 e. The Morgan fingerprint density at radius 3 is 2.57 bits per heavy atom. The summed E-state index contributed by atoms with van der Waals surface area (Å²) in [5, 5.41) is 2.55. The van der Waals surface area contributed by atoms with Gasteiger partial charge >= 0.3 is 6.18 Å². The fourth-order valence-electron chi connectivity index (χ4n) is 3.86. The average molecular weight is 416 g/mol. The minimum absolute atomic E-state index is 0.0745. The van der Waals surface area contributed by atoms with Gasteiger partial charge in [0.05, 0.1) is 5.56 Å². The zero-order valence-corrected chi connectivity index (χ0v) is 15.5. The van der Waals surface area contributed by atoms with Crippen molar-refractivity contribution in [2.75, 3.05) is 5.32 Å². The van der Waals surface area contributed by atoms with Gasteiger partial charge in [0.2, 0.25) is 5.56 Å². The lowest BCUT2D eigenvalue weighted by Crippen LogP contribution is -2.18. The second-order valence-corrected chi connectivity index (χ2v) is 7.13. The molecule has 0 saturated carbocycles. The van der Waals surface area contributed by atoms with Gasteiger partial charge in [-0.25, -0.2) is 4.39 Å². The molecular formula is C22H16F4N2O2. The summed E-state index contributed by atoms with van der Waals surface area (Å²) in [4.78, 5) is 26.7. The Kier molecular flexibility index (Phi) is 4.93. The standard InChI is InChI=1S/C22H16F4N2O2/c23-14-3-6-16-12(9-14)1-4-17(16)19-10-13(22(24,25)26)2-5-18(19)21(30)28-15-7-8-27-20(29)11-15/h2-3,5-11,17H,1,4H2,(H2,27,28,29,30). The Balaban J connectivity index is 1.78. The third-order valence-corrected chi connectivity index (χ3v) is 5.21. The summed E-state index contributed by atoms with van der Waals surface area (Å²) in [7, 11) is 0. The number of anilines is 1. The van der Waals surface area contributed by atoms with Crippen molar-refractivity contribution < 1.29 is 22.4 Å². The molecule has 2 aromatic carbocycles. The zero-order chi connectivity index (χ0) is 21.5. The van der Waals surface area contributed by atoms with E-state index in [-0.39, 0.29) is 16.8 Å². The van der Waals surface area contributed by atoms with Crippen molar-refractivity contribution in [1.82, 2.24) is 4.98 Å². The Morgan fingerprint density at radius 2 is 1.83 bits per heavy atom. The number of fused-ring (bicyclic) bond motifs is 1. The first-order chi connectivity index (χ1) is 14.2. The van der Waals surface area contributed by atoms with E-state index >= 15 is 0 Å². The van der Waals surface area contributed by atoms with Gasteiger partial charge in [0, 0.05) is 29.4 Å². The van der Waals surface area contributed by atoms with E-state index in [0.29, 0.717) is 18.4 Å². The average Bonchev–Trinajstić information content (AvgIpc) is 3.09. The van der Waals surface area contributed by atoms with Crippen LogP contribution in [0.3, 0.4) is 0 Å². The van der Waals surface area contributed by atoms with Crippen molar-refractivity contribution >= 4 is 11.6 Å². The first-order valence-electron chi connectivity index (χ1n) is 9.22. The summed E-state index contributed by atoms with van der Waals surface area (Å²) in [6.07, 6.45) is -2.25. The van der Waals surface area contributed by atoms with Crippen LogP contribution >= 0.6 is 0 Å². The first-order valence-corrected chi connectivity index (χ1v) is 9.22. The van der Waals surface area contributed by atoms with Crippen LogP contribution in [0.15, 0.2) is 59.5 Å². The van der Waals surface area contributed by atoms with Crippen LogP contribution in [0.2, 0.25) is 0 Å². The molecule has 8 heteroatoms. The van der Waals surface area contributed by atoms with Crippen LogP contribution in [0, 0.1) is 5.82 Å². The summed E-state index contributed by atoms with van der Waals surface area (Å²) in [5.74, 6) is -1.51. The van der Waals surface area contributed by atoms with E-state index in [1.165, 1.54) is 30.5 Å². The molecule has 0 bridgehead atoms. The number of aromatic nitrogens is 1. The highest BCUT2D eigenvalue weighted by Crippen LogP contribution is 2.42. The smallest absolute Gasteiger partial charge is 0.329 e. The number of hydrogen-bond acceptors (Lipinski definition) is 2. The summed E-state index contributed by atoms with van der Waals surface area (Å²) in [6.45, 7) is 0. The fraction of sp³-hybridized carbons (Fsp3) is 0.182. The third kappa shape index (κ3) is 3.85. The molecule has 0 radical (unpaired) electrons. The predicted molar refractivity (Wildman–Crippen MR) is 103 cm³/mol. The highest BCUT2D eigenvalue weighted by atomic mass is 19.4. The van der Waals surface area contributed by atoms with E-state index in [1.54, 1.807) is 6.07 Å². The fourth-order valence-corrected chi connectivity index (χ4v) is 3.86. The lowest BCUT2D eigenvalue weighted by Gasteiger charge is -2.19. The van der Waals surface area contributed by atoms with Gasteiger partial charge in [0.1, 0.15) is 5.82 Å². The van der Waals surface area contributed by atoms with E-state index in [1.807, 2.05) is 0 Å². The molecule has 1 atom stereocenters. The van der Waals surface area contributed by atoms with Gasteiger partial charge in [0.15, 0.2) is 0 Å².